The highest BCUT2D eigenvalue weighted by Crippen LogP contribution is 2.51. The van der Waals surface area contributed by atoms with Gasteiger partial charge in [-0.05, 0) is 35.7 Å². The van der Waals surface area contributed by atoms with Gasteiger partial charge in [0, 0.05) is 11.5 Å². The van der Waals surface area contributed by atoms with Crippen LogP contribution in [0, 0.1) is 0 Å². The van der Waals surface area contributed by atoms with Crippen LogP contribution < -0.4 is 18.9 Å². The van der Waals surface area contributed by atoms with Gasteiger partial charge >= 0.3 is 0 Å². The van der Waals surface area contributed by atoms with Gasteiger partial charge in [0.05, 0.1) is 7.11 Å². The standard InChI is InChI=1S/C20H22O4/c1-4-5-13-8-15-12(2)19(24-20(15)18(9-13)21-3)14-6-7-16-17(10-14)23-11-22-16/h6-10,12,19H,4-5,11H2,1-3H3. The van der Waals surface area contributed by atoms with Crippen molar-refractivity contribution in [3.8, 4) is 23.0 Å². The van der Waals surface area contributed by atoms with Crippen LogP contribution in [0.2, 0.25) is 0 Å². The highest BCUT2D eigenvalue weighted by molar-refractivity contribution is 5.55. The molecule has 0 fully saturated rings. The second kappa shape index (κ2) is 5.93. The van der Waals surface area contributed by atoms with Gasteiger partial charge in [-0.1, -0.05) is 32.4 Å². The summed E-state index contributed by atoms with van der Waals surface area (Å²) in [5.41, 5.74) is 3.62. The van der Waals surface area contributed by atoms with Crippen LogP contribution in [0.4, 0.5) is 0 Å². The van der Waals surface area contributed by atoms with E-state index in [1.807, 2.05) is 12.1 Å². The zero-order valence-electron chi connectivity index (χ0n) is 14.3. The average Bonchev–Trinajstić information content (AvgIpc) is 3.19. The predicted octanol–water partition coefficient (Wildman–Crippen LogP) is 4.61. The van der Waals surface area contributed by atoms with Gasteiger partial charge in [0.1, 0.15) is 6.10 Å². The highest BCUT2D eigenvalue weighted by atomic mass is 16.7. The Morgan fingerprint density at radius 2 is 1.96 bits per heavy atom. The molecule has 2 aliphatic rings. The first-order valence-electron chi connectivity index (χ1n) is 8.48. The smallest absolute Gasteiger partial charge is 0.231 e. The molecule has 2 aliphatic heterocycles. The summed E-state index contributed by atoms with van der Waals surface area (Å²) in [6.07, 6.45) is 2.12. The van der Waals surface area contributed by atoms with Crippen LogP contribution in [-0.4, -0.2) is 13.9 Å². The predicted molar refractivity (Wildman–Crippen MR) is 91.3 cm³/mol. The van der Waals surface area contributed by atoms with Crippen LogP contribution in [0.25, 0.3) is 0 Å². The Hall–Kier alpha value is -2.36. The second-order valence-electron chi connectivity index (χ2n) is 6.41. The van der Waals surface area contributed by atoms with Crippen molar-refractivity contribution in [2.75, 3.05) is 13.9 Å². The van der Waals surface area contributed by atoms with Gasteiger partial charge in [-0.3, -0.25) is 0 Å². The van der Waals surface area contributed by atoms with Crippen LogP contribution >= 0.6 is 0 Å². The minimum atomic E-state index is -0.0414. The summed E-state index contributed by atoms with van der Waals surface area (Å²) >= 11 is 0. The Labute approximate surface area is 142 Å². The molecule has 2 aromatic rings. The van der Waals surface area contributed by atoms with Crippen molar-refractivity contribution in [2.45, 2.75) is 38.7 Å². The summed E-state index contributed by atoms with van der Waals surface area (Å²) in [7, 11) is 1.70. The fourth-order valence-corrected chi connectivity index (χ4v) is 3.57. The third-order valence-electron chi connectivity index (χ3n) is 4.82. The maximum Gasteiger partial charge on any atom is 0.231 e. The van der Waals surface area contributed by atoms with Crippen LogP contribution in [0.1, 0.15) is 49.0 Å². The molecule has 0 radical (unpaired) electrons. The summed E-state index contributed by atoms with van der Waals surface area (Å²) < 4.78 is 22.8. The zero-order valence-corrected chi connectivity index (χ0v) is 14.3. The SMILES string of the molecule is CCCc1cc(OC)c2c(c1)C(C)C(c1ccc3c(c1)OCO3)O2. The van der Waals surface area contributed by atoms with Crippen molar-refractivity contribution in [3.05, 3.63) is 47.0 Å². The van der Waals surface area contributed by atoms with Crippen LogP contribution in [0.15, 0.2) is 30.3 Å². The van der Waals surface area contributed by atoms with Gasteiger partial charge in [0.2, 0.25) is 6.79 Å². The number of methoxy groups -OCH3 is 1. The fourth-order valence-electron chi connectivity index (χ4n) is 3.57. The lowest BCUT2D eigenvalue weighted by atomic mass is 9.91. The third-order valence-corrected chi connectivity index (χ3v) is 4.82. The zero-order chi connectivity index (χ0) is 16.7. The molecular weight excluding hydrogens is 304 g/mol. The number of rotatable bonds is 4. The van der Waals surface area contributed by atoms with Crippen LogP contribution in [0.5, 0.6) is 23.0 Å². The topological polar surface area (TPSA) is 36.9 Å². The van der Waals surface area contributed by atoms with E-state index in [9.17, 15) is 0 Å². The molecule has 4 heteroatoms. The highest BCUT2D eigenvalue weighted by Gasteiger charge is 2.35. The minimum absolute atomic E-state index is 0.0414. The van der Waals surface area contributed by atoms with Gasteiger partial charge in [-0.25, -0.2) is 0 Å². The second-order valence-corrected chi connectivity index (χ2v) is 6.41. The van der Waals surface area contributed by atoms with E-state index in [4.69, 9.17) is 18.9 Å². The van der Waals surface area contributed by atoms with Gasteiger partial charge < -0.3 is 18.9 Å². The van der Waals surface area contributed by atoms with Crippen LogP contribution in [0.3, 0.4) is 0 Å². The molecule has 0 aliphatic carbocycles. The Bertz CT molecular complexity index is 768. The molecule has 4 nitrogen and oxygen atoms in total. The number of aryl methyl sites for hydroxylation is 1. The Morgan fingerprint density at radius 1 is 1.12 bits per heavy atom. The monoisotopic (exact) mass is 326 g/mol. The normalized spacial score (nSPS) is 20.6. The molecule has 2 heterocycles. The summed E-state index contributed by atoms with van der Waals surface area (Å²) in [6, 6.07) is 10.4. The van der Waals surface area contributed by atoms with E-state index in [2.05, 4.69) is 32.0 Å². The number of ether oxygens (including phenoxy) is 4. The molecule has 4 rings (SSSR count). The molecule has 0 saturated heterocycles. The van der Waals surface area contributed by atoms with Crippen molar-refractivity contribution in [2.24, 2.45) is 0 Å². The molecule has 126 valence electrons. The van der Waals surface area contributed by atoms with E-state index in [1.165, 1.54) is 11.1 Å². The first-order chi connectivity index (χ1) is 11.7. The number of hydrogen-bond acceptors (Lipinski definition) is 4. The van der Waals surface area contributed by atoms with Crippen molar-refractivity contribution >= 4 is 0 Å². The minimum Gasteiger partial charge on any atom is -0.493 e. The molecule has 2 aromatic carbocycles. The molecule has 2 unspecified atom stereocenters. The number of hydrogen-bond donors (Lipinski definition) is 0. The summed E-state index contributed by atoms with van der Waals surface area (Å²) in [4.78, 5) is 0. The van der Waals surface area contributed by atoms with Crippen molar-refractivity contribution < 1.29 is 18.9 Å². The molecular formula is C20H22O4. The fraction of sp³-hybridized carbons (Fsp3) is 0.400. The lowest BCUT2D eigenvalue weighted by Gasteiger charge is -2.16. The molecule has 0 N–H and O–H groups in total. The third kappa shape index (κ3) is 2.37. The first-order valence-corrected chi connectivity index (χ1v) is 8.48. The summed E-state index contributed by atoms with van der Waals surface area (Å²) in [5, 5.41) is 0. The van der Waals surface area contributed by atoms with E-state index < -0.39 is 0 Å². The van der Waals surface area contributed by atoms with Crippen molar-refractivity contribution in [3.63, 3.8) is 0 Å². The van der Waals surface area contributed by atoms with E-state index in [-0.39, 0.29) is 18.8 Å². The van der Waals surface area contributed by atoms with E-state index in [1.54, 1.807) is 7.11 Å². The molecule has 0 bridgehead atoms. The Morgan fingerprint density at radius 3 is 2.75 bits per heavy atom. The van der Waals surface area contributed by atoms with Gasteiger partial charge in [0.25, 0.3) is 0 Å². The average molecular weight is 326 g/mol. The molecule has 2 atom stereocenters. The van der Waals surface area contributed by atoms with E-state index in [0.29, 0.717) is 0 Å². The maximum absolute atomic E-state index is 6.30. The number of benzene rings is 2. The lowest BCUT2D eigenvalue weighted by Crippen LogP contribution is -2.07. The lowest BCUT2D eigenvalue weighted by molar-refractivity contribution is 0.173. The number of fused-ring (bicyclic) bond motifs is 2. The Balaban J connectivity index is 1.70. The summed E-state index contributed by atoms with van der Waals surface area (Å²) in [5.74, 6) is 3.53. The molecule has 0 aromatic heterocycles. The van der Waals surface area contributed by atoms with Gasteiger partial charge in [-0.2, -0.15) is 0 Å². The van der Waals surface area contributed by atoms with Crippen LogP contribution in [-0.2, 0) is 6.42 Å². The first kappa shape index (κ1) is 15.2. The molecule has 0 spiro atoms. The largest absolute Gasteiger partial charge is 0.493 e. The van der Waals surface area contributed by atoms with Gasteiger partial charge in [0.15, 0.2) is 23.0 Å². The molecule has 0 saturated carbocycles. The Kier molecular flexibility index (Phi) is 3.75. The quantitative estimate of drug-likeness (QED) is 0.822. The van der Waals surface area contributed by atoms with E-state index >= 15 is 0 Å². The maximum atomic E-state index is 6.30. The van der Waals surface area contributed by atoms with E-state index in [0.717, 1.165) is 41.4 Å². The van der Waals surface area contributed by atoms with Gasteiger partial charge in [-0.15, -0.1) is 0 Å². The molecule has 24 heavy (non-hydrogen) atoms. The van der Waals surface area contributed by atoms with Crippen molar-refractivity contribution in [1.82, 2.24) is 0 Å². The molecule has 0 amide bonds. The summed E-state index contributed by atoms with van der Waals surface area (Å²) in [6.45, 7) is 4.68. The van der Waals surface area contributed by atoms with Crippen molar-refractivity contribution in [1.29, 1.82) is 0 Å².